The van der Waals surface area contributed by atoms with Gasteiger partial charge < -0.3 is 31.3 Å². The van der Waals surface area contributed by atoms with Gasteiger partial charge in [0, 0.05) is 54.5 Å². The summed E-state index contributed by atoms with van der Waals surface area (Å²) in [4.78, 5) is 68.0. The fourth-order valence-electron chi connectivity index (χ4n) is 8.01. The molecular weight excluding hydrogens is 1470 g/mol. The van der Waals surface area contributed by atoms with Gasteiger partial charge in [0.15, 0.2) is 17.1 Å². The summed E-state index contributed by atoms with van der Waals surface area (Å²) in [5.74, 6) is 0.286. The summed E-state index contributed by atoms with van der Waals surface area (Å²) in [6, 6.07) is 18.4. The number of amides is 4. The highest BCUT2D eigenvalue weighted by Crippen LogP contribution is 2.36. The maximum atomic E-state index is 13.6. The number of ketones is 1. The monoisotopic (exact) mass is 1520 g/mol. The van der Waals surface area contributed by atoms with Crippen LogP contribution in [0.25, 0.3) is 0 Å². The van der Waals surface area contributed by atoms with Gasteiger partial charge in [0.1, 0.15) is 7.11 Å². The lowest BCUT2D eigenvalue weighted by Crippen LogP contribution is -2.36. The van der Waals surface area contributed by atoms with Gasteiger partial charge in [-0.05, 0) is 144 Å². The number of nitrogens with zero attached hydrogens (tertiary/aromatic N) is 5. The van der Waals surface area contributed by atoms with Crippen molar-refractivity contribution in [3.05, 3.63) is 159 Å². The zero-order valence-corrected chi connectivity index (χ0v) is 53.1. The van der Waals surface area contributed by atoms with Crippen molar-refractivity contribution in [3.8, 4) is 0 Å². The Labute approximate surface area is 530 Å². The second kappa shape index (κ2) is 32.4. The molecule has 17 nitrogen and oxygen atoms in total. The molecule has 0 spiro atoms. The number of Topliss-reactive ketones (excluding diaryl/α,β-unsaturated/α-hetero) is 1. The SMILES string of the molecule is CON=C(c1cn(Cc2ccc(NC(=O)c3cccc(I)c3C(=O)N[C@@H](C)CSC)c(C)c2)nc1C(F)(F)F)C(F)(F)F.CSC[C@H](C)NC(=O)c1c(I)cccc1C(=O)Nc1ccc(Cn2cc(C(=O)C(F)(F)F)c(C(F)(F)F)n2)cc1C.Cl.NO. The molecule has 34 heteroatoms. The standard InChI is InChI=1S/C27H26F6IN5O3S.C26H23F6IN4O3S.ClH.H3NO/c1-14-10-16(11-39-12-18(22(37-39)26(28,29)30)23(38-42-3)27(31,32)33)8-9-20(14)36-24(40)17-6-5-7-19(34)21(17)25(41)35-15(2)13-43-4;1-13-9-15(10-37-11-17(22(38)26(30,31)32)21(36-37)25(27,28)29)7-8-19(13)35-23(39)16-5-4-6-18(33)20(16)24(40)34-14(2)12-41-3;;1-2/h5-10,12,15H,11,13H2,1-4H3,(H,35,41)(H,36,40);4-9,11,14H,10,12H2,1-3H3,(H,34,40)(H,35,39);1H;2H,1H2/t15-;14-;;/m00../s1. The Morgan fingerprint density at radius 1 is 0.609 bits per heavy atom. The van der Waals surface area contributed by atoms with Crippen molar-refractivity contribution in [3.63, 3.8) is 0 Å². The lowest BCUT2D eigenvalue weighted by atomic mass is 10.0. The van der Waals surface area contributed by atoms with E-state index < -0.39 is 82.3 Å². The molecule has 0 aliphatic heterocycles. The smallest absolute Gasteiger partial charge is 0.399 e. The van der Waals surface area contributed by atoms with E-state index >= 15 is 0 Å². The number of nitrogens with one attached hydrogen (secondary N) is 4. The molecule has 0 radical (unpaired) electrons. The minimum atomic E-state index is -5.51. The van der Waals surface area contributed by atoms with Gasteiger partial charge in [0.05, 0.1) is 46.5 Å². The minimum absolute atomic E-state index is 0. The van der Waals surface area contributed by atoms with Gasteiger partial charge in [-0.1, -0.05) is 41.6 Å². The molecule has 0 saturated heterocycles. The van der Waals surface area contributed by atoms with E-state index in [1.54, 1.807) is 67.7 Å². The molecule has 4 amide bonds. The highest BCUT2D eigenvalue weighted by molar-refractivity contribution is 14.1. The molecule has 6 rings (SSSR count). The number of carbonyl (C=O) groups is 5. The highest BCUT2D eigenvalue weighted by atomic mass is 127. The zero-order valence-electron chi connectivity index (χ0n) is 46.3. The van der Waals surface area contributed by atoms with Gasteiger partial charge >= 0.3 is 24.7 Å². The molecule has 0 fully saturated rings. The van der Waals surface area contributed by atoms with Crippen LogP contribution in [-0.4, -0.2) is 115 Å². The van der Waals surface area contributed by atoms with Crippen LogP contribution in [0.3, 0.4) is 0 Å². The topological polar surface area (TPSA) is 237 Å². The second-order valence-corrected chi connectivity index (χ2v) is 22.5. The third kappa shape index (κ3) is 20.7. The summed E-state index contributed by atoms with van der Waals surface area (Å²) in [6.07, 6.45) is -16.4. The number of aryl methyl sites for hydroxylation is 2. The Morgan fingerprint density at radius 2 is 0.989 bits per heavy atom. The summed E-state index contributed by atoms with van der Waals surface area (Å²) in [7, 11) is 0.786. The molecule has 2 aromatic heterocycles. The predicted molar refractivity (Wildman–Crippen MR) is 323 cm³/mol. The molecule has 87 heavy (non-hydrogen) atoms. The van der Waals surface area contributed by atoms with E-state index in [4.69, 9.17) is 5.21 Å². The maximum Gasteiger partial charge on any atom is 0.455 e. The number of benzene rings is 4. The molecule has 7 N–H and O–H groups in total. The number of oxime groups is 1. The Balaban J connectivity index is 0.000000438. The molecule has 2 atom stereocenters. The van der Waals surface area contributed by atoms with E-state index in [1.165, 1.54) is 42.5 Å². The first-order valence-corrected chi connectivity index (χ1v) is 29.4. The molecule has 0 bridgehead atoms. The van der Waals surface area contributed by atoms with Crippen molar-refractivity contribution in [1.82, 2.24) is 30.2 Å². The van der Waals surface area contributed by atoms with E-state index in [1.807, 2.05) is 71.5 Å². The molecular formula is C53H53ClF12I2N10O7S2. The average Bonchev–Trinajstić information content (AvgIpc) is 1.89. The molecule has 0 aliphatic carbocycles. The van der Waals surface area contributed by atoms with Gasteiger partial charge in [-0.2, -0.15) is 86.4 Å². The van der Waals surface area contributed by atoms with Crippen molar-refractivity contribution in [2.75, 3.05) is 41.8 Å². The van der Waals surface area contributed by atoms with Crippen LogP contribution < -0.4 is 27.2 Å². The molecule has 0 unspecified atom stereocenters. The average molecular weight is 1520 g/mol. The first kappa shape index (κ1) is 75.1. The van der Waals surface area contributed by atoms with Crippen molar-refractivity contribution in [2.45, 2.75) is 77.6 Å². The molecule has 0 aliphatic rings. The molecule has 0 saturated carbocycles. The molecule has 474 valence electrons. The van der Waals surface area contributed by atoms with Crippen molar-refractivity contribution in [2.24, 2.45) is 11.1 Å². The highest BCUT2D eigenvalue weighted by Gasteiger charge is 2.48. The van der Waals surface area contributed by atoms with Crippen LogP contribution in [-0.2, 0) is 30.3 Å². The van der Waals surface area contributed by atoms with Gasteiger partial charge in [0.2, 0.25) is 0 Å². The number of thioether (sulfide) groups is 2. The predicted octanol–water partition coefficient (Wildman–Crippen LogP) is 12.6. The van der Waals surface area contributed by atoms with Crippen LogP contribution in [0, 0.1) is 21.0 Å². The summed E-state index contributed by atoms with van der Waals surface area (Å²) in [5, 5.41) is 27.0. The maximum absolute atomic E-state index is 13.6. The van der Waals surface area contributed by atoms with Crippen LogP contribution in [0.4, 0.5) is 64.1 Å². The van der Waals surface area contributed by atoms with Crippen molar-refractivity contribution >= 4 is 128 Å². The Kier molecular flexibility index (Phi) is 27.9. The van der Waals surface area contributed by atoms with Crippen molar-refractivity contribution in [1.29, 1.82) is 0 Å². The van der Waals surface area contributed by atoms with Crippen LogP contribution >= 0.6 is 81.1 Å². The van der Waals surface area contributed by atoms with E-state index in [0.717, 1.165) is 11.8 Å². The second-order valence-electron chi connectivity index (χ2n) is 18.3. The molecule has 4 aromatic carbocycles. The quantitative estimate of drug-likeness (QED) is 0.0146. The fraction of sp³-hybridized carbons (Fsp3) is 0.321. The number of rotatable bonds is 19. The fourth-order valence-corrected chi connectivity index (χ4v) is 10.7. The summed E-state index contributed by atoms with van der Waals surface area (Å²) in [6.45, 7) is 6.25. The van der Waals surface area contributed by atoms with Crippen LogP contribution in [0.1, 0.15) is 105 Å². The van der Waals surface area contributed by atoms with Crippen LogP contribution in [0.15, 0.2) is 90.3 Å². The zero-order chi connectivity index (χ0) is 64.8. The number of halogens is 15. The van der Waals surface area contributed by atoms with Gasteiger partial charge in [-0.25, -0.2) is 5.90 Å². The number of hydrogen-bond donors (Lipinski definition) is 6. The molecule has 6 aromatic rings. The summed E-state index contributed by atoms with van der Waals surface area (Å²) >= 11 is 7.07. The number of carbonyl (C=O) groups excluding carboxylic acids is 5. The Hall–Kier alpha value is -6.15. The van der Waals surface area contributed by atoms with E-state index in [0.29, 0.717) is 69.4 Å². The first-order chi connectivity index (χ1) is 40.1. The summed E-state index contributed by atoms with van der Waals surface area (Å²) < 4.78 is 162. The van der Waals surface area contributed by atoms with E-state index in [-0.39, 0.29) is 59.8 Å². The number of nitrogens with two attached hydrogens (primary N) is 1. The normalized spacial score (nSPS) is 12.5. The molecule has 2 heterocycles. The third-order valence-corrected chi connectivity index (χ3v) is 15.1. The minimum Gasteiger partial charge on any atom is -0.399 e. The van der Waals surface area contributed by atoms with Gasteiger partial charge in [-0.3, -0.25) is 33.3 Å². The van der Waals surface area contributed by atoms with Gasteiger partial charge in [-0.15, -0.1) is 12.4 Å². The number of hydrogen-bond acceptors (Lipinski definition) is 13. The third-order valence-electron chi connectivity index (χ3n) is 11.6. The van der Waals surface area contributed by atoms with E-state index in [9.17, 15) is 76.7 Å². The summed E-state index contributed by atoms with van der Waals surface area (Å²) in [5.41, 5.74) is -5.30. The largest absolute Gasteiger partial charge is 0.455 e. The first-order valence-electron chi connectivity index (χ1n) is 24.4. The number of anilines is 2. The number of aromatic nitrogens is 4. The van der Waals surface area contributed by atoms with Gasteiger partial charge in [0.25, 0.3) is 29.4 Å². The Morgan fingerprint density at radius 3 is 1.32 bits per heavy atom. The van der Waals surface area contributed by atoms with E-state index in [2.05, 4.69) is 47.4 Å². The lowest BCUT2D eigenvalue weighted by molar-refractivity contribution is -0.143. The number of alkyl halides is 12. The van der Waals surface area contributed by atoms with Crippen molar-refractivity contribution < 1.29 is 86.7 Å². The van der Waals surface area contributed by atoms with Crippen LogP contribution in [0.5, 0.6) is 0 Å². The van der Waals surface area contributed by atoms with Crippen LogP contribution in [0.2, 0.25) is 0 Å². The Bertz CT molecular complexity index is 3460. The lowest BCUT2D eigenvalue weighted by Gasteiger charge is -2.16.